The molecule has 0 heterocycles. The molecule has 0 atom stereocenters. The fourth-order valence-corrected chi connectivity index (χ4v) is 5.79. The summed E-state index contributed by atoms with van der Waals surface area (Å²) in [5.74, 6) is -0.0549. The molecule has 0 saturated heterocycles. The van der Waals surface area contributed by atoms with Gasteiger partial charge in [-0.2, -0.15) is 0 Å². The minimum Gasteiger partial charge on any atom is -0.508 e. The molecule has 0 aromatic heterocycles. The van der Waals surface area contributed by atoms with E-state index in [1.807, 2.05) is 0 Å². The van der Waals surface area contributed by atoms with E-state index in [2.05, 4.69) is 72.8 Å². The third-order valence-electron chi connectivity index (χ3n) is 8.17. The van der Waals surface area contributed by atoms with Crippen molar-refractivity contribution in [3.63, 3.8) is 0 Å². The van der Waals surface area contributed by atoms with Crippen molar-refractivity contribution in [2.75, 3.05) is 5.32 Å². The van der Waals surface area contributed by atoms with Crippen LogP contribution in [0.25, 0.3) is 0 Å². The Balaban J connectivity index is 2.02. The number of benzene rings is 2. The lowest BCUT2D eigenvalue weighted by Crippen LogP contribution is -2.41. The lowest BCUT2D eigenvalue weighted by molar-refractivity contribution is 0.102. The molecule has 0 spiro atoms. The Labute approximate surface area is 193 Å². The quantitative estimate of drug-likeness (QED) is 0.530. The highest BCUT2D eigenvalue weighted by Gasteiger charge is 2.46. The number of rotatable bonds is 2. The van der Waals surface area contributed by atoms with E-state index in [1.54, 1.807) is 12.1 Å². The standard InChI is InChI=1S/C29H38NO2/c1-26(2)13-15-28(5,6)22-20(26)17-21-23(29(7,8)16-14-27(21,3)4)24(22)30-25(32)18-9-11-19(31)12-10-18/h9,11-12,17,31H,13-16H2,1-8H3,(H,30,32). The molecule has 0 saturated carbocycles. The molecule has 32 heavy (non-hydrogen) atoms. The molecule has 4 rings (SSSR count). The van der Waals surface area contributed by atoms with E-state index in [0.29, 0.717) is 5.56 Å². The first kappa shape index (κ1) is 22.9. The van der Waals surface area contributed by atoms with Crippen molar-refractivity contribution >= 4 is 11.6 Å². The second-order valence-corrected chi connectivity index (χ2v) is 12.5. The molecule has 3 nitrogen and oxygen atoms in total. The summed E-state index contributed by atoms with van der Waals surface area (Å²) >= 11 is 0. The van der Waals surface area contributed by atoms with Crippen LogP contribution in [0, 0.1) is 6.07 Å². The number of anilines is 1. The second-order valence-electron chi connectivity index (χ2n) is 12.5. The summed E-state index contributed by atoms with van der Waals surface area (Å²) in [6, 6.07) is 10.0. The monoisotopic (exact) mass is 432 g/mol. The Morgan fingerprint density at radius 1 is 0.812 bits per heavy atom. The van der Waals surface area contributed by atoms with Crippen LogP contribution in [0.15, 0.2) is 24.3 Å². The van der Waals surface area contributed by atoms with Gasteiger partial charge in [-0.05, 0) is 93.9 Å². The van der Waals surface area contributed by atoms with E-state index in [9.17, 15) is 9.90 Å². The van der Waals surface area contributed by atoms with Crippen LogP contribution in [0.1, 0.15) is 114 Å². The zero-order valence-corrected chi connectivity index (χ0v) is 21.0. The number of phenolic OH excluding ortho intramolecular Hbond substituents is 1. The number of aromatic hydroxyl groups is 1. The minimum absolute atomic E-state index is 0.0289. The average Bonchev–Trinajstić information content (AvgIpc) is 2.69. The molecule has 0 aliphatic heterocycles. The highest BCUT2D eigenvalue weighted by atomic mass is 16.3. The molecule has 0 fully saturated rings. The highest BCUT2D eigenvalue weighted by molar-refractivity contribution is 6.05. The van der Waals surface area contributed by atoms with E-state index in [1.165, 1.54) is 28.3 Å². The van der Waals surface area contributed by atoms with E-state index in [4.69, 9.17) is 0 Å². The smallest absolute Gasteiger partial charge is 0.256 e. The first-order valence-electron chi connectivity index (χ1n) is 11.9. The first-order chi connectivity index (χ1) is 14.7. The summed E-state index contributed by atoms with van der Waals surface area (Å²) < 4.78 is 0. The van der Waals surface area contributed by atoms with Gasteiger partial charge in [-0.1, -0.05) is 61.5 Å². The molecular weight excluding hydrogens is 394 g/mol. The number of hydrogen-bond donors (Lipinski definition) is 2. The maximum atomic E-state index is 13.4. The summed E-state index contributed by atoms with van der Waals surface area (Å²) in [6.45, 7) is 18.6. The molecular formula is C29H38NO2. The Morgan fingerprint density at radius 2 is 1.28 bits per heavy atom. The van der Waals surface area contributed by atoms with Gasteiger partial charge in [0.2, 0.25) is 0 Å². The summed E-state index contributed by atoms with van der Waals surface area (Å²) in [7, 11) is 0. The molecule has 3 heteroatoms. The zero-order valence-electron chi connectivity index (χ0n) is 21.0. The van der Waals surface area contributed by atoms with Gasteiger partial charge in [0.05, 0.1) is 0 Å². The van der Waals surface area contributed by atoms with Gasteiger partial charge in [0, 0.05) is 11.3 Å². The topological polar surface area (TPSA) is 49.3 Å². The van der Waals surface area contributed by atoms with Gasteiger partial charge in [-0.3, -0.25) is 4.79 Å². The van der Waals surface area contributed by atoms with Gasteiger partial charge in [0.1, 0.15) is 5.75 Å². The van der Waals surface area contributed by atoms with Gasteiger partial charge in [0.25, 0.3) is 5.91 Å². The van der Waals surface area contributed by atoms with Crippen LogP contribution in [0.3, 0.4) is 0 Å². The summed E-state index contributed by atoms with van der Waals surface area (Å²) in [6.07, 6.45) is 4.44. The summed E-state index contributed by atoms with van der Waals surface area (Å²) in [5, 5.41) is 13.0. The number of phenols is 1. The predicted octanol–water partition coefficient (Wildman–Crippen LogP) is 7.14. The minimum atomic E-state index is -0.168. The van der Waals surface area contributed by atoms with Crippen LogP contribution in [-0.4, -0.2) is 11.0 Å². The maximum Gasteiger partial charge on any atom is 0.256 e. The molecule has 0 bridgehead atoms. The van der Waals surface area contributed by atoms with E-state index < -0.39 is 0 Å². The fourth-order valence-electron chi connectivity index (χ4n) is 5.79. The van der Waals surface area contributed by atoms with Crippen molar-refractivity contribution in [3.8, 4) is 5.75 Å². The fraction of sp³-hybridized carbons (Fsp3) is 0.552. The van der Waals surface area contributed by atoms with E-state index >= 15 is 0 Å². The average molecular weight is 433 g/mol. The van der Waals surface area contributed by atoms with Crippen LogP contribution in [0.5, 0.6) is 5.75 Å². The molecule has 2 aromatic rings. The third-order valence-corrected chi connectivity index (χ3v) is 8.17. The summed E-state index contributed by atoms with van der Waals surface area (Å²) in [5.41, 5.74) is 6.86. The third kappa shape index (κ3) is 3.64. The lowest BCUT2D eigenvalue weighted by Gasteiger charge is -2.49. The molecule has 2 aliphatic carbocycles. The van der Waals surface area contributed by atoms with E-state index in [-0.39, 0.29) is 33.3 Å². The van der Waals surface area contributed by atoms with Crippen molar-refractivity contribution in [1.82, 2.24) is 0 Å². The molecule has 2 aromatic carbocycles. The number of carbonyl (C=O) groups is 1. The predicted molar refractivity (Wildman–Crippen MR) is 132 cm³/mol. The number of carbonyl (C=O) groups excluding carboxylic acids is 1. The van der Waals surface area contributed by atoms with Crippen LogP contribution in [0.4, 0.5) is 5.69 Å². The summed E-state index contributed by atoms with van der Waals surface area (Å²) in [4.78, 5) is 13.4. The number of fused-ring (bicyclic) bond motifs is 2. The van der Waals surface area contributed by atoms with E-state index in [0.717, 1.165) is 31.4 Å². The van der Waals surface area contributed by atoms with Crippen LogP contribution < -0.4 is 5.32 Å². The second kappa shape index (κ2) is 7.10. The molecule has 2 aliphatic rings. The lowest BCUT2D eigenvalue weighted by atomic mass is 9.56. The van der Waals surface area contributed by atoms with Gasteiger partial charge < -0.3 is 10.4 Å². The SMILES string of the molecule is CC1(C)CCC(C)(C)c2c1cc1c(c2NC(=O)c2[c]cc(O)cc2)C(C)(C)CCC1(C)C. The van der Waals surface area contributed by atoms with Crippen LogP contribution >= 0.6 is 0 Å². The van der Waals surface area contributed by atoms with Crippen molar-refractivity contribution in [1.29, 1.82) is 0 Å². The number of nitrogens with one attached hydrogen (secondary N) is 1. The van der Waals surface area contributed by atoms with Crippen molar-refractivity contribution < 1.29 is 9.90 Å². The largest absolute Gasteiger partial charge is 0.508 e. The Hall–Kier alpha value is -2.29. The first-order valence-corrected chi connectivity index (χ1v) is 11.9. The maximum absolute atomic E-state index is 13.4. The number of amides is 1. The van der Waals surface area contributed by atoms with Gasteiger partial charge in [0.15, 0.2) is 0 Å². The van der Waals surface area contributed by atoms with Gasteiger partial charge in [-0.25, -0.2) is 0 Å². The van der Waals surface area contributed by atoms with Crippen molar-refractivity contribution in [2.24, 2.45) is 0 Å². The molecule has 0 unspecified atom stereocenters. The number of hydrogen-bond acceptors (Lipinski definition) is 2. The zero-order chi connectivity index (χ0) is 23.7. The molecule has 171 valence electrons. The normalized spacial score (nSPS) is 21.9. The van der Waals surface area contributed by atoms with Crippen LogP contribution in [-0.2, 0) is 21.7 Å². The molecule has 2 N–H and O–H groups in total. The Kier molecular flexibility index (Phi) is 5.08. The molecule has 1 radical (unpaired) electrons. The Bertz CT molecular complexity index is 1020. The van der Waals surface area contributed by atoms with Gasteiger partial charge >= 0.3 is 0 Å². The van der Waals surface area contributed by atoms with Crippen molar-refractivity contribution in [3.05, 3.63) is 58.1 Å². The Morgan fingerprint density at radius 3 is 1.72 bits per heavy atom. The molecule has 1 amide bonds. The van der Waals surface area contributed by atoms with Gasteiger partial charge in [-0.15, -0.1) is 0 Å². The van der Waals surface area contributed by atoms with Crippen LogP contribution in [0.2, 0.25) is 0 Å². The van der Waals surface area contributed by atoms with Crippen molar-refractivity contribution in [2.45, 2.75) is 103 Å². The highest BCUT2D eigenvalue weighted by Crippen LogP contribution is 2.56.